The van der Waals surface area contributed by atoms with E-state index >= 15 is 0 Å². The van der Waals surface area contributed by atoms with Gasteiger partial charge in [0.05, 0.1) is 21.2 Å². The first-order chi connectivity index (χ1) is 9.29. The summed E-state index contributed by atoms with van der Waals surface area (Å²) in [5.74, 6) is -1.50. The third-order valence-corrected chi connectivity index (χ3v) is 4.64. The van der Waals surface area contributed by atoms with Crippen molar-refractivity contribution in [2.24, 2.45) is 0 Å². The lowest BCUT2D eigenvalue weighted by Crippen LogP contribution is -2.07. The van der Waals surface area contributed by atoms with Crippen molar-refractivity contribution >= 4 is 27.4 Å². The van der Waals surface area contributed by atoms with E-state index in [2.05, 4.69) is 5.16 Å². The first kappa shape index (κ1) is 14.5. The normalized spacial score (nSPS) is 11.5. The minimum Gasteiger partial charge on any atom is -0.478 e. The predicted molar refractivity (Wildman–Crippen MR) is 70.5 cm³/mol. The van der Waals surface area contributed by atoms with Crippen molar-refractivity contribution < 1.29 is 22.8 Å². The fraction of sp³-hybridized carbons (Fsp3) is 0.167. The van der Waals surface area contributed by atoms with E-state index in [1.165, 1.54) is 18.2 Å². The summed E-state index contributed by atoms with van der Waals surface area (Å²) < 4.78 is 29.3. The minimum absolute atomic E-state index is 0.0359. The van der Waals surface area contributed by atoms with E-state index in [9.17, 15) is 13.2 Å². The Hall–Kier alpha value is -1.86. The highest BCUT2D eigenvalue weighted by Crippen LogP contribution is 2.26. The van der Waals surface area contributed by atoms with Gasteiger partial charge in [-0.2, -0.15) is 0 Å². The van der Waals surface area contributed by atoms with Crippen LogP contribution in [-0.4, -0.2) is 24.7 Å². The minimum atomic E-state index is -3.82. The molecule has 8 heteroatoms. The molecule has 0 spiro atoms. The summed E-state index contributed by atoms with van der Waals surface area (Å²) in [4.78, 5) is 10.6. The lowest BCUT2D eigenvalue weighted by molar-refractivity contribution is 0.0696. The number of aromatic nitrogens is 1. The number of hydrogen-bond donors (Lipinski definition) is 1. The summed E-state index contributed by atoms with van der Waals surface area (Å²) in [6.45, 7) is 1.66. The number of benzene rings is 1. The average Bonchev–Trinajstić information content (AvgIpc) is 2.73. The van der Waals surface area contributed by atoms with E-state index in [0.717, 1.165) is 6.07 Å². The average molecular weight is 316 g/mol. The topological polar surface area (TPSA) is 97.5 Å². The summed E-state index contributed by atoms with van der Waals surface area (Å²) in [5.41, 5.74) is 0.405. The smallest absolute Gasteiger partial charge is 0.335 e. The van der Waals surface area contributed by atoms with E-state index in [0.29, 0.717) is 5.69 Å². The Kier molecular flexibility index (Phi) is 3.82. The first-order valence-electron chi connectivity index (χ1n) is 5.47. The van der Waals surface area contributed by atoms with E-state index in [1.54, 1.807) is 6.92 Å². The molecule has 106 valence electrons. The molecule has 0 aliphatic heterocycles. The van der Waals surface area contributed by atoms with Crippen LogP contribution in [0.3, 0.4) is 0 Å². The molecule has 0 aliphatic rings. The summed E-state index contributed by atoms with van der Waals surface area (Å²) in [7, 11) is -3.82. The molecule has 0 saturated carbocycles. The van der Waals surface area contributed by atoms with Gasteiger partial charge < -0.3 is 9.63 Å². The lowest BCUT2D eigenvalue weighted by atomic mass is 10.2. The van der Waals surface area contributed by atoms with Gasteiger partial charge in [0.1, 0.15) is 5.75 Å². The van der Waals surface area contributed by atoms with E-state index in [-0.39, 0.29) is 21.2 Å². The third-order valence-electron chi connectivity index (χ3n) is 2.52. The molecule has 0 bridgehead atoms. The predicted octanol–water partition coefficient (Wildman–Crippen LogP) is 2.31. The van der Waals surface area contributed by atoms with Gasteiger partial charge in [-0.1, -0.05) is 16.8 Å². The van der Waals surface area contributed by atoms with Crippen LogP contribution in [0.5, 0.6) is 0 Å². The Morgan fingerprint density at radius 2 is 2.10 bits per heavy atom. The van der Waals surface area contributed by atoms with Gasteiger partial charge in [-0.15, -0.1) is 0 Å². The largest absolute Gasteiger partial charge is 0.478 e. The summed E-state index contributed by atoms with van der Waals surface area (Å²) >= 11 is 5.84. The molecule has 1 aromatic heterocycles. The molecule has 0 amide bonds. The van der Waals surface area contributed by atoms with Crippen molar-refractivity contribution in [3.8, 4) is 0 Å². The monoisotopic (exact) mass is 315 g/mol. The Balaban J connectivity index is 2.43. The molecular weight excluding hydrogens is 306 g/mol. The van der Waals surface area contributed by atoms with Crippen LogP contribution in [0, 0.1) is 6.92 Å². The lowest BCUT2D eigenvalue weighted by Gasteiger charge is -2.06. The third kappa shape index (κ3) is 3.00. The quantitative estimate of drug-likeness (QED) is 0.929. The molecule has 2 rings (SSSR count). The second-order valence-corrected chi connectivity index (χ2v) is 6.51. The molecule has 0 atom stereocenters. The summed E-state index contributed by atoms with van der Waals surface area (Å²) in [6, 6.07) is 5.00. The zero-order chi connectivity index (χ0) is 14.9. The van der Waals surface area contributed by atoms with Crippen LogP contribution in [0.15, 0.2) is 33.7 Å². The number of halogens is 1. The molecule has 1 aromatic carbocycles. The molecule has 6 nitrogen and oxygen atoms in total. The van der Waals surface area contributed by atoms with Crippen LogP contribution in [0.25, 0.3) is 0 Å². The zero-order valence-electron chi connectivity index (χ0n) is 10.3. The number of carboxylic acids is 1. The fourth-order valence-electron chi connectivity index (χ4n) is 1.62. The molecule has 0 aliphatic carbocycles. The Morgan fingerprint density at radius 3 is 2.65 bits per heavy atom. The molecule has 0 fully saturated rings. The molecule has 0 unspecified atom stereocenters. The Bertz CT molecular complexity index is 766. The molecule has 0 saturated heterocycles. The van der Waals surface area contributed by atoms with Gasteiger partial charge in [0.2, 0.25) is 0 Å². The number of hydrogen-bond acceptors (Lipinski definition) is 5. The number of carbonyl (C=O) groups is 1. The Labute approximate surface area is 119 Å². The molecule has 2 aromatic rings. The van der Waals surface area contributed by atoms with Crippen LogP contribution in [0.2, 0.25) is 5.02 Å². The summed E-state index contributed by atoms with van der Waals surface area (Å²) in [6.07, 6.45) is 0. The van der Waals surface area contributed by atoms with E-state index < -0.39 is 21.6 Å². The molecule has 0 radical (unpaired) electrons. The fourth-order valence-corrected chi connectivity index (χ4v) is 3.43. The highest BCUT2D eigenvalue weighted by Gasteiger charge is 2.22. The number of nitrogens with zero attached hydrogens (tertiary/aromatic N) is 1. The zero-order valence-corrected chi connectivity index (χ0v) is 11.9. The highest BCUT2D eigenvalue weighted by atomic mass is 35.5. The van der Waals surface area contributed by atoms with Crippen molar-refractivity contribution in [2.75, 3.05) is 0 Å². The molecular formula is C12H10ClNO5S. The van der Waals surface area contributed by atoms with Gasteiger partial charge in [-0.25, -0.2) is 13.2 Å². The molecule has 20 heavy (non-hydrogen) atoms. The van der Waals surface area contributed by atoms with Gasteiger partial charge in [-0.05, 0) is 25.1 Å². The van der Waals surface area contributed by atoms with Crippen LogP contribution >= 0.6 is 11.6 Å². The van der Waals surface area contributed by atoms with Gasteiger partial charge in [0.15, 0.2) is 15.6 Å². The second-order valence-electron chi connectivity index (χ2n) is 4.14. The van der Waals surface area contributed by atoms with Gasteiger partial charge in [-0.3, -0.25) is 0 Å². The van der Waals surface area contributed by atoms with Gasteiger partial charge in [0.25, 0.3) is 0 Å². The summed E-state index contributed by atoms with van der Waals surface area (Å²) in [5, 5.41) is 12.5. The van der Waals surface area contributed by atoms with Crippen LogP contribution in [0.1, 0.15) is 21.8 Å². The Morgan fingerprint density at radius 1 is 1.40 bits per heavy atom. The van der Waals surface area contributed by atoms with Gasteiger partial charge in [0, 0.05) is 6.07 Å². The number of aryl methyl sites for hydroxylation is 1. The maximum Gasteiger partial charge on any atom is 0.335 e. The van der Waals surface area contributed by atoms with E-state index in [1.807, 2.05) is 0 Å². The molecule has 1 N–H and O–H groups in total. The maximum absolute atomic E-state index is 12.2. The van der Waals surface area contributed by atoms with Crippen LogP contribution in [0.4, 0.5) is 0 Å². The first-order valence-corrected chi connectivity index (χ1v) is 7.50. The van der Waals surface area contributed by atoms with Crippen molar-refractivity contribution in [3.63, 3.8) is 0 Å². The van der Waals surface area contributed by atoms with Crippen molar-refractivity contribution in [1.82, 2.24) is 5.16 Å². The van der Waals surface area contributed by atoms with Crippen molar-refractivity contribution in [3.05, 3.63) is 46.3 Å². The second kappa shape index (κ2) is 5.26. The van der Waals surface area contributed by atoms with Gasteiger partial charge >= 0.3 is 5.97 Å². The maximum atomic E-state index is 12.2. The number of carboxylic acid groups (broad SMARTS) is 1. The molecule has 1 heterocycles. The van der Waals surface area contributed by atoms with Crippen LogP contribution in [-0.2, 0) is 15.6 Å². The number of aromatic carboxylic acids is 1. The standard InChI is InChI=1S/C12H10ClNO5S/c1-7-4-9(19-14-7)6-20(17,18)11-5-8(12(15)16)2-3-10(11)13/h2-5H,6H2,1H3,(H,15,16). The number of sulfone groups is 1. The van der Waals surface area contributed by atoms with Crippen molar-refractivity contribution in [1.29, 1.82) is 0 Å². The highest BCUT2D eigenvalue weighted by molar-refractivity contribution is 7.90. The van der Waals surface area contributed by atoms with Crippen molar-refractivity contribution in [2.45, 2.75) is 17.6 Å². The van der Waals surface area contributed by atoms with E-state index in [4.69, 9.17) is 21.2 Å². The SMILES string of the molecule is Cc1cc(CS(=O)(=O)c2cc(C(=O)O)ccc2Cl)on1. The number of rotatable bonds is 4. The van der Waals surface area contributed by atoms with Crippen LogP contribution < -0.4 is 0 Å².